The zero-order valence-electron chi connectivity index (χ0n) is 17.7. The highest BCUT2D eigenvalue weighted by atomic mass is 35.5. The number of aromatic nitrogens is 1. The SMILES string of the molecule is Cc1cnc(N2CCN(CC(=O)N3CCN(C4CCCCC4)CC3)CC2)c(Cl)c1. The van der Waals surface area contributed by atoms with Crippen molar-refractivity contribution in [3.8, 4) is 0 Å². The molecule has 4 rings (SSSR count). The molecule has 1 amide bonds. The monoisotopic (exact) mass is 419 g/mol. The standard InChI is InChI=1S/C22H34ClN5O/c1-18-15-20(23)22(24-16-18)28-9-7-25(8-10-28)17-21(29)27-13-11-26(12-14-27)19-5-3-2-4-6-19/h15-16,19H,2-14,17H2,1H3. The Morgan fingerprint density at radius 1 is 1.03 bits per heavy atom. The van der Waals surface area contributed by atoms with E-state index in [0.717, 1.165) is 69.8 Å². The number of amides is 1. The highest BCUT2D eigenvalue weighted by molar-refractivity contribution is 6.33. The van der Waals surface area contributed by atoms with Crippen LogP contribution in [0.4, 0.5) is 5.82 Å². The summed E-state index contributed by atoms with van der Waals surface area (Å²) in [6, 6.07) is 2.73. The van der Waals surface area contributed by atoms with E-state index in [1.165, 1.54) is 32.1 Å². The van der Waals surface area contributed by atoms with Crippen LogP contribution in [0.3, 0.4) is 0 Å². The molecule has 1 aromatic rings. The van der Waals surface area contributed by atoms with Crippen LogP contribution in [-0.4, -0.2) is 90.5 Å². The van der Waals surface area contributed by atoms with Crippen molar-refractivity contribution in [3.05, 3.63) is 22.8 Å². The van der Waals surface area contributed by atoms with Gasteiger partial charge in [0.15, 0.2) is 0 Å². The average Bonchev–Trinajstić information content (AvgIpc) is 2.75. The lowest BCUT2D eigenvalue weighted by molar-refractivity contribution is -0.134. The normalized spacial score (nSPS) is 22.8. The van der Waals surface area contributed by atoms with Gasteiger partial charge in [0.1, 0.15) is 5.82 Å². The summed E-state index contributed by atoms with van der Waals surface area (Å²) in [6.45, 7) is 9.86. The molecule has 3 fully saturated rings. The molecular formula is C22H34ClN5O. The van der Waals surface area contributed by atoms with Gasteiger partial charge in [-0.15, -0.1) is 0 Å². The first kappa shape index (κ1) is 20.9. The number of hydrogen-bond donors (Lipinski definition) is 0. The van der Waals surface area contributed by atoms with E-state index in [1.807, 2.05) is 19.2 Å². The molecule has 1 aromatic heterocycles. The number of hydrogen-bond acceptors (Lipinski definition) is 5. The first-order valence-corrected chi connectivity index (χ1v) is 11.6. The van der Waals surface area contributed by atoms with E-state index in [9.17, 15) is 4.79 Å². The van der Waals surface area contributed by atoms with Gasteiger partial charge in [-0.05, 0) is 31.4 Å². The first-order chi connectivity index (χ1) is 14.1. The van der Waals surface area contributed by atoms with Crippen LogP contribution in [-0.2, 0) is 4.79 Å². The molecule has 0 spiro atoms. The van der Waals surface area contributed by atoms with E-state index in [0.29, 0.717) is 11.6 Å². The number of piperazine rings is 2. The van der Waals surface area contributed by atoms with Crippen molar-refractivity contribution in [1.82, 2.24) is 19.7 Å². The van der Waals surface area contributed by atoms with Crippen LogP contribution in [0.1, 0.15) is 37.7 Å². The van der Waals surface area contributed by atoms with Crippen LogP contribution in [0, 0.1) is 6.92 Å². The predicted molar refractivity (Wildman–Crippen MR) is 118 cm³/mol. The minimum Gasteiger partial charge on any atom is -0.353 e. The molecule has 0 radical (unpaired) electrons. The van der Waals surface area contributed by atoms with E-state index >= 15 is 0 Å². The molecule has 1 saturated carbocycles. The minimum atomic E-state index is 0.285. The van der Waals surface area contributed by atoms with Crippen molar-refractivity contribution in [2.75, 3.05) is 63.8 Å². The Balaban J connectivity index is 1.21. The van der Waals surface area contributed by atoms with Crippen molar-refractivity contribution in [2.45, 2.75) is 45.1 Å². The molecular weight excluding hydrogens is 386 g/mol. The lowest BCUT2D eigenvalue weighted by Crippen LogP contribution is -2.55. The fourth-order valence-corrected chi connectivity index (χ4v) is 5.29. The minimum absolute atomic E-state index is 0.285. The van der Waals surface area contributed by atoms with Gasteiger partial charge in [0.2, 0.25) is 5.91 Å². The Morgan fingerprint density at radius 2 is 1.72 bits per heavy atom. The van der Waals surface area contributed by atoms with Crippen LogP contribution < -0.4 is 4.90 Å². The summed E-state index contributed by atoms with van der Waals surface area (Å²) in [5.41, 5.74) is 1.08. The summed E-state index contributed by atoms with van der Waals surface area (Å²) in [7, 11) is 0. The number of halogens is 1. The maximum Gasteiger partial charge on any atom is 0.236 e. The third-order valence-electron chi connectivity index (χ3n) is 6.75. The van der Waals surface area contributed by atoms with Crippen molar-refractivity contribution in [3.63, 3.8) is 0 Å². The largest absolute Gasteiger partial charge is 0.353 e. The zero-order chi connectivity index (χ0) is 20.2. The molecule has 2 aliphatic heterocycles. The number of rotatable bonds is 4. The molecule has 6 nitrogen and oxygen atoms in total. The molecule has 0 atom stereocenters. The quantitative estimate of drug-likeness (QED) is 0.750. The van der Waals surface area contributed by atoms with Gasteiger partial charge in [0.25, 0.3) is 0 Å². The highest BCUT2D eigenvalue weighted by Gasteiger charge is 2.28. The molecule has 0 unspecified atom stereocenters. The van der Waals surface area contributed by atoms with Gasteiger partial charge in [-0.3, -0.25) is 14.6 Å². The van der Waals surface area contributed by atoms with Crippen LogP contribution in [0.25, 0.3) is 0 Å². The number of carbonyl (C=O) groups excluding carboxylic acids is 1. The summed E-state index contributed by atoms with van der Waals surface area (Å²) in [6.07, 6.45) is 8.70. The van der Waals surface area contributed by atoms with Crippen LogP contribution in [0.2, 0.25) is 5.02 Å². The Kier molecular flexibility index (Phi) is 6.93. The molecule has 0 aromatic carbocycles. The topological polar surface area (TPSA) is 42.9 Å². The van der Waals surface area contributed by atoms with Gasteiger partial charge in [-0.2, -0.15) is 0 Å². The maximum absolute atomic E-state index is 12.8. The van der Waals surface area contributed by atoms with E-state index in [4.69, 9.17) is 11.6 Å². The number of aryl methyl sites for hydroxylation is 1. The molecule has 160 valence electrons. The Labute approximate surface area is 179 Å². The van der Waals surface area contributed by atoms with E-state index in [1.54, 1.807) is 0 Å². The molecule has 3 aliphatic rings. The third kappa shape index (κ3) is 5.22. The van der Waals surface area contributed by atoms with Crippen LogP contribution in [0.5, 0.6) is 0 Å². The maximum atomic E-state index is 12.8. The number of pyridine rings is 1. The average molecular weight is 420 g/mol. The predicted octanol–water partition coefficient (Wildman–Crippen LogP) is 2.64. The van der Waals surface area contributed by atoms with Crippen LogP contribution >= 0.6 is 11.6 Å². The summed E-state index contributed by atoms with van der Waals surface area (Å²) in [5, 5.41) is 0.713. The summed E-state index contributed by atoms with van der Waals surface area (Å²) in [4.78, 5) is 26.5. The Hall–Kier alpha value is -1.37. The second-order valence-corrected chi connectivity index (χ2v) is 9.20. The number of nitrogens with zero attached hydrogens (tertiary/aromatic N) is 5. The Bertz CT molecular complexity index is 692. The molecule has 29 heavy (non-hydrogen) atoms. The first-order valence-electron chi connectivity index (χ1n) is 11.2. The summed E-state index contributed by atoms with van der Waals surface area (Å²) in [5.74, 6) is 1.15. The van der Waals surface area contributed by atoms with Gasteiger partial charge >= 0.3 is 0 Å². The van der Waals surface area contributed by atoms with Crippen molar-refractivity contribution >= 4 is 23.3 Å². The molecule has 3 heterocycles. The Morgan fingerprint density at radius 3 is 2.38 bits per heavy atom. The number of anilines is 1. The van der Waals surface area contributed by atoms with Crippen molar-refractivity contribution in [2.24, 2.45) is 0 Å². The van der Waals surface area contributed by atoms with E-state index in [2.05, 4.69) is 24.6 Å². The molecule has 7 heteroatoms. The lowest BCUT2D eigenvalue weighted by Gasteiger charge is -2.41. The summed E-state index contributed by atoms with van der Waals surface area (Å²) < 4.78 is 0. The number of carbonyl (C=O) groups is 1. The fourth-order valence-electron chi connectivity index (χ4n) is 4.95. The molecule has 1 aliphatic carbocycles. The van der Waals surface area contributed by atoms with Gasteiger partial charge in [-0.25, -0.2) is 4.98 Å². The fraction of sp³-hybridized carbons (Fsp3) is 0.727. The lowest BCUT2D eigenvalue weighted by atomic mass is 9.94. The highest BCUT2D eigenvalue weighted by Crippen LogP contribution is 2.25. The van der Waals surface area contributed by atoms with Crippen molar-refractivity contribution < 1.29 is 4.79 Å². The van der Waals surface area contributed by atoms with Gasteiger partial charge in [0, 0.05) is 64.6 Å². The molecule has 2 saturated heterocycles. The van der Waals surface area contributed by atoms with E-state index in [-0.39, 0.29) is 5.91 Å². The van der Waals surface area contributed by atoms with Gasteiger partial charge < -0.3 is 9.80 Å². The van der Waals surface area contributed by atoms with Gasteiger partial charge in [-0.1, -0.05) is 30.9 Å². The second kappa shape index (κ2) is 9.63. The smallest absolute Gasteiger partial charge is 0.236 e. The van der Waals surface area contributed by atoms with Crippen LogP contribution in [0.15, 0.2) is 12.3 Å². The summed E-state index contributed by atoms with van der Waals surface area (Å²) >= 11 is 6.37. The van der Waals surface area contributed by atoms with Crippen molar-refractivity contribution in [1.29, 1.82) is 0 Å². The second-order valence-electron chi connectivity index (χ2n) is 8.79. The zero-order valence-corrected chi connectivity index (χ0v) is 18.4. The molecule has 0 bridgehead atoms. The molecule has 0 N–H and O–H groups in total. The van der Waals surface area contributed by atoms with Gasteiger partial charge in [0.05, 0.1) is 11.6 Å². The van der Waals surface area contributed by atoms with E-state index < -0.39 is 0 Å². The third-order valence-corrected chi connectivity index (χ3v) is 7.03.